The van der Waals surface area contributed by atoms with Crippen molar-refractivity contribution in [2.75, 3.05) is 6.16 Å². The van der Waals surface area contributed by atoms with Crippen molar-refractivity contribution in [1.82, 2.24) is 0 Å². The molecule has 0 saturated heterocycles. The zero-order valence-corrected chi connectivity index (χ0v) is 15.8. The third-order valence-electron chi connectivity index (χ3n) is 4.24. The van der Waals surface area contributed by atoms with Crippen molar-refractivity contribution >= 4 is 23.2 Å². The van der Waals surface area contributed by atoms with Gasteiger partial charge in [0.2, 0.25) is 0 Å². The van der Waals surface area contributed by atoms with Crippen molar-refractivity contribution in [1.29, 1.82) is 0 Å². The fourth-order valence-electron chi connectivity index (χ4n) is 3.13. The van der Waals surface area contributed by atoms with Crippen molar-refractivity contribution in [3.8, 4) is 0 Å². The van der Waals surface area contributed by atoms with E-state index in [9.17, 15) is 0 Å². The summed E-state index contributed by atoms with van der Waals surface area (Å²) in [5.74, 6) is 0. The van der Waals surface area contributed by atoms with Crippen molar-refractivity contribution in [3.05, 3.63) is 116 Å². The van der Waals surface area contributed by atoms with Crippen LogP contribution in [0.2, 0.25) is 0 Å². The van der Waals surface area contributed by atoms with E-state index in [4.69, 9.17) is 0 Å². The number of rotatable bonds is 6. The monoisotopic (exact) mass is 364 g/mol. The van der Waals surface area contributed by atoms with Crippen molar-refractivity contribution in [2.24, 2.45) is 0 Å². The van der Waals surface area contributed by atoms with Crippen LogP contribution in [0.3, 0.4) is 0 Å². The molecule has 0 aliphatic heterocycles. The number of halogens is 1. The van der Waals surface area contributed by atoms with Gasteiger partial charge >= 0.3 is 0 Å². The molecule has 0 unspecified atom stereocenters. The van der Waals surface area contributed by atoms with Crippen molar-refractivity contribution in [3.63, 3.8) is 0 Å². The Morgan fingerprint density at radius 3 is 1.32 bits per heavy atom. The molecule has 126 valence electrons. The second-order valence-electron chi connectivity index (χ2n) is 5.66. The Labute approximate surface area is 157 Å². The molecule has 0 N–H and O–H groups in total. The van der Waals surface area contributed by atoms with E-state index in [1.54, 1.807) is 0 Å². The van der Waals surface area contributed by atoms with Gasteiger partial charge in [-0.3, -0.25) is 0 Å². The Kier molecular flexibility index (Phi) is 7.19. The van der Waals surface area contributed by atoms with Crippen LogP contribution in [-0.4, -0.2) is 6.16 Å². The molecule has 0 aliphatic rings. The van der Waals surface area contributed by atoms with Crippen LogP contribution in [0.5, 0.6) is 0 Å². The molecule has 0 fully saturated rings. The van der Waals surface area contributed by atoms with Gasteiger partial charge in [0, 0.05) is 0 Å². The summed E-state index contributed by atoms with van der Waals surface area (Å²) in [5.41, 5.74) is 0. The normalized spacial score (nSPS) is 11.0. The maximum atomic E-state index is 3.82. The smallest absolute Gasteiger partial charge is 0.115 e. The quantitative estimate of drug-likeness (QED) is 0.461. The van der Waals surface area contributed by atoms with E-state index in [-0.39, 0.29) is 12.4 Å². The van der Waals surface area contributed by atoms with Crippen LogP contribution in [0.4, 0.5) is 0 Å². The lowest BCUT2D eigenvalue weighted by molar-refractivity contribution is -0.00000463. The summed E-state index contributed by atoms with van der Waals surface area (Å²) >= 11 is 0. The van der Waals surface area contributed by atoms with Gasteiger partial charge in [-0.1, -0.05) is 73.3 Å². The molecule has 3 aromatic carbocycles. The molecule has 2 heteroatoms. The molecule has 0 aromatic heterocycles. The number of hydrogen-bond donors (Lipinski definition) is 0. The first-order valence-electron chi connectivity index (χ1n) is 8.20. The standard InChI is InChI=1S/C23H22P.ClH/c1-2-3-13-20-24(21-14-7-4-8-15-21,22-16-9-5-10-17-22)23-18-11-6-12-19-23;/h2-19H,1,20H2;1H/q+1;/p-1/b13-3+;. The van der Waals surface area contributed by atoms with E-state index in [0.717, 1.165) is 6.16 Å². The lowest BCUT2D eigenvalue weighted by Gasteiger charge is -2.26. The van der Waals surface area contributed by atoms with Crippen molar-refractivity contribution < 1.29 is 12.4 Å². The summed E-state index contributed by atoms with van der Waals surface area (Å²) in [4.78, 5) is 0. The number of allylic oxidation sites excluding steroid dienone is 3. The molecule has 25 heavy (non-hydrogen) atoms. The summed E-state index contributed by atoms with van der Waals surface area (Å²) in [6, 6.07) is 32.8. The minimum absolute atomic E-state index is 0. The average Bonchev–Trinajstić information content (AvgIpc) is 2.68. The largest absolute Gasteiger partial charge is 1.00 e. The van der Waals surface area contributed by atoms with Crippen LogP contribution in [0.1, 0.15) is 0 Å². The Balaban J connectivity index is 0.00000225. The third-order valence-corrected chi connectivity index (χ3v) is 8.54. The fraction of sp³-hybridized carbons (Fsp3) is 0.0435. The van der Waals surface area contributed by atoms with E-state index >= 15 is 0 Å². The fourth-order valence-corrected chi connectivity index (χ4v) is 7.13. The summed E-state index contributed by atoms with van der Waals surface area (Å²) in [5, 5.41) is 4.24. The van der Waals surface area contributed by atoms with Gasteiger partial charge in [-0.05, 0) is 42.5 Å². The average molecular weight is 365 g/mol. The minimum atomic E-state index is -1.72. The van der Waals surface area contributed by atoms with E-state index < -0.39 is 7.26 Å². The first-order chi connectivity index (χ1) is 11.9. The molecular formula is C23H22ClP. The Morgan fingerprint density at radius 1 is 0.640 bits per heavy atom. The van der Waals surface area contributed by atoms with Gasteiger partial charge in [0.15, 0.2) is 0 Å². The summed E-state index contributed by atoms with van der Waals surface area (Å²) in [7, 11) is -1.72. The molecule has 0 radical (unpaired) electrons. The van der Waals surface area contributed by atoms with Gasteiger partial charge in [0.25, 0.3) is 0 Å². The van der Waals surface area contributed by atoms with E-state index in [1.807, 2.05) is 6.08 Å². The highest BCUT2D eigenvalue weighted by Crippen LogP contribution is 2.55. The van der Waals surface area contributed by atoms with Crippen molar-refractivity contribution in [2.45, 2.75) is 0 Å². The molecule has 0 amide bonds. The number of benzene rings is 3. The summed E-state index contributed by atoms with van der Waals surface area (Å²) in [6.45, 7) is 3.82. The minimum Gasteiger partial charge on any atom is -1.00 e. The molecule has 3 aromatic rings. The highest BCUT2D eigenvalue weighted by molar-refractivity contribution is 7.95. The molecule has 0 nitrogen and oxygen atoms in total. The predicted molar refractivity (Wildman–Crippen MR) is 109 cm³/mol. The molecule has 3 rings (SSSR count). The van der Waals surface area contributed by atoms with E-state index in [2.05, 4.69) is 110 Å². The topological polar surface area (TPSA) is 0 Å². The van der Waals surface area contributed by atoms with Gasteiger partial charge in [-0.15, -0.1) is 0 Å². The molecule has 0 bridgehead atoms. The molecule has 0 spiro atoms. The van der Waals surface area contributed by atoms with Crippen LogP contribution in [-0.2, 0) is 0 Å². The van der Waals surface area contributed by atoms with Gasteiger partial charge in [-0.25, -0.2) is 0 Å². The first-order valence-corrected chi connectivity index (χ1v) is 10.2. The maximum Gasteiger partial charge on any atom is 0.115 e. The second-order valence-corrected chi connectivity index (χ2v) is 9.20. The van der Waals surface area contributed by atoms with Gasteiger partial charge < -0.3 is 12.4 Å². The zero-order valence-electron chi connectivity index (χ0n) is 14.1. The van der Waals surface area contributed by atoms with Crippen LogP contribution in [0.25, 0.3) is 0 Å². The molecular weight excluding hydrogens is 343 g/mol. The highest BCUT2D eigenvalue weighted by atomic mass is 35.5. The van der Waals surface area contributed by atoms with E-state index in [1.165, 1.54) is 15.9 Å². The molecule has 0 atom stereocenters. The van der Waals surface area contributed by atoms with Crippen LogP contribution in [0.15, 0.2) is 116 Å². The summed E-state index contributed by atoms with van der Waals surface area (Å²) in [6.07, 6.45) is 7.17. The SMILES string of the molecule is C=C/C=C/C[P+](c1ccccc1)(c1ccccc1)c1ccccc1.[Cl-]. The third kappa shape index (κ3) is 4.10. The van der Waals surface area contributed by atoms with Gasteiger partial charge in [0.05, 0.1) is 6.16 Å². The Hall–Kier alpha value is -2.14. The molecule has 0 aliphatic carbocycles. The summed E-state index contributed by atoms with van der Waals surface area (Å²) < 4.78 is 0. The van der Waals surface area contributed by atoms with Crippen LogP contribution in [0, 0.1) is 0 Å². The number of hydrogen-bond acceptors (Lipinski definition) is 0. The van der Waals surface area contributed by atoms with Crippen LogP contribution >= 0.6 is 7.26 Å². The predicted octanol–water partition coefficient (Wildman–Crippen LogP) is 1.73. The first kappa shape index (κ1) is 19.2. The Morgan fingerprint density at radius 2 is 1.00 bits per heavy atom. The second kappa shape index (κ2) is 9.37. The van der Waals surface area contributed by atoms with Gasteiger partial charge in [-0.2, -0.15) is 0 Å². The maximum absolute atomic E-state index is 3.82. The van der Waals surface area contributed by atoms with Crippen LogP contribution < -0.4 is 28.3 Å². The Bertz CT molecular complexity index is 699. The lowest BCUT2D eigenvalue weighted by Crippen LogP contribution is -3.00. The van der Waals surface area contributed by atoms with Gasteiger partial charge in [0.1, 0.15) is 23.2 Å². The molecule has 0 saturated carbocycles. The highest BCUT2D eigenvalue weighted by Gasteiger charge is 2.43. The zero-order chi connectivity index (χ0) is 16.7. The molecule has 0 heterocycles. The lowest BCUT2D eigenvalue weighted by atomic mass is 10.4. The van der Waals surface area contributed by atoms with E-state index in [0.29, 0.717) is 0 Å².